The van der Waals surface area contributed by atoms with Gasteiger partial charge in [0.05, 0.1) is 38.6 Å². The number of nitrogens with one attached hydrogen (secondary N) is 1. The van der Waals surface area contributed by atoms with Crippen LogP contribution in [0.3, 0.4) is 0 Å². The molecule has 0 aliphatic carbocycles. The molecule has 0 saturated carbocycles. The molecule has 3 aliphatic heterocycles. The van der Waals surface area contributed by atoms with E-state index >= 15 is 0 Å². The summed E-state index contributed by atoms with van der Waals surface area (Å²) in [4.78, 5) is 13.5. The summed E-state index contributed by atoms with van der Waals surface area (Å²) < 4.78 is 34.5. The first-order chi connectivity index (χ1) is 55.8. The molecule has 0 radical (unpaired) electrons. The second kappa shape index (κ2) is 73.6. The summed E-state index contributed by atoms with van der Waals surface area (Å²) in [6.45, 7) is 1.65. The Kier molecular flexibility index (Phi) is 67.7. The molecule has 19 nitrogen and oxygen atoms in total. The van der Waals surface area contributed by atoms with Gasteiger partial charge in [-0.2, -0.15) is 0 Å². The molecule has 17 atom stereocenters. The van der Waals surface area contributed by atoms with E-state index in [9.17, 15) is 61.0 Å². The zero-order valence-electron chi connectivity index (χ0n) is 71.5. The Morgan fingerprint density at radius 1 is 0.325 bits per heavy atom. The zero-order valence-corrected chi connectivity index (χ0v) is 71.5. The molecule has 3 aliphatic rings. The van der Waals surface area contributed by atoms with Gasteiger partial charge in [0.2, 0.25) is 5.91 Å². The van der Waals surface area contributed by atoms with Gasteiger partial charge in [0.25, 0.3) is 0 Å². The smallest absolute Gasteiger partial charge is 0.220 e. The number of amides is 1. The minimum Gasteiger partial charge on any atom is -0.394 e. The Morgan fingerprint density at radius 3 is 0.982 bits per heavy atom. The number of aliphatic hydroxyl groups is 11. The van der Waals surface area contributed by atoms with Crippen molar-refractivity contribution < 1.29 is 89.4 Å². The van der Waals surface area contributed by atoms with Gasteiger partial charge in [0.15, 0.2) is 18.9 Å². The molecule has 0 aromatic rings. The summed E-state index contributed by atoms with van der Waals surface area (Å²) in [5.41, 5.74) is 0. The number of hydrogen-bond acceptors (Lipinski definition) is 18. The molecule has 1 amide bonds. The topological polar surface area (TPSA) is 307 Å². The van der Waals surface area contributed by atoms with Crippen LogP contribution in [0.2, 0.25) is 0 Å². The van der Waals surface area contributed by atoms with Gasteiger partial charge in [0, 0.05) is 6.42 Å². The number of carbonyl (C=O) groups excluding carboxylic acids is 1. The van der Waals surface area contributed by atoms with Crippen molar-refractivity contribution in [2.45, 2.75) is 471 Å². The van der Waals surface area contributed by atoms with Crippen molar-refractivity contribution in [2.75, 3.05) is 26.4 Å². The van der Waals surface area contributed by atoms with Gasteiger partial charge in [-0.3, -0.25) is 4.79 Å². The number of ether oxygens (including phenoxy) is 6. The van der Waals surface area contributed by atoms with Gasteiger partial charge in [-0.1, -0.05) is 374 Å². The fourth-order valence-corrected chi connectivity index (χ4v) is 15.3. The first-order valence-electron chi connectivity index (χ1n) is 46.5. The molecule has 19 heteroatoms. The first-order valence-corrected chi connectivity index (χ1v) is 46.5. The van der Waals surface area contributed by atoms with E-state index in [4.69, 9.17) is 28.4 Å². The summed E-state index contributed by atoms with van der Waals surface area (Å²) >= 11 is 0. The van der Waals surface area contributed by atoms with Gasteiger partial charge in [0.1, 0.15) is 73.2 Å². The molecule has 0 aromatic carbocycles. The van der Waals surface area contributed by atoms with Crippen molar-refractivity contribution in [3.8, 4) is 0 Å². The lowest BCUT2D eigenvalue weighted by Gasteiger charge is -2.48. The highest BCUT2D eigenvalue weighted by Gasteiger charge is 2.54. The highest BCUT2D eigenvalue weighted by Crippen LogP contribution is 2.34. The van der Waals surface area contributed by atoms with E-state index in [1.807, 2.05) is 6.08 Å². The van der Waals surface area contributed by atoms with Crippen LogP contribution >= 0.6 is 0 Å². The molecule has 3 fully saturated rings. The third-order valence-corrected chi connectivity index (χ3v) is 22.6. The Labute approximate surface area is 692 Å². The van der Waals surface area contributed by atoms with Crippen LogP contribution in [0, 0.1) is 0 Å². The largest absolute Gasteiger partial charge is 0.394 e. The highest BCUT2D eigenvalue weighted by molar-refractivity contribution is 5.76. The quantitative estimate of drug-likeness (QED) is 0.0199. The van der Waals surface area contributed by atoms with E-state index in [0.29, 0.717) is 12.8 Å². The first kappa shape index (κ1) is 105. The van der Waals surface area contributed by atoms with E-state index in [-0.39, 0.29) is 18.9 Å². The normalized spacial score (nSPS) is 25.1. The second-order valence-corrected chi connectivity index (χ2v) is 32.7. The predicted molar refractivity (Wildman–Crippen MR) is 461 cm³/mol. The third-order valence-electron chi connectivity index (χ3n) is 22.6. The SMILES string of the molecule is CC/C=C\C/C=C\C/C=C\C/C=C\C/C=C\C/C=C\CCCCCCCCCCCCCCCCCCCCCCCCC(=O)NC(COC1OC(CO)C(OC2OC(CO)C(OC3OC(CO)C(O)C(O)C3O)C(O)C2O)C(O)C1O)C(O)/C=C/CC/C=C/CCCCCCCCCCCCCCCCCCCCCCCC. The molecule has 3 heterocycles. The Hall–Kier alpha value is -3.29. The minimum atomic E-state index is -1.98. The van der Waals surface area contributed by atoms with Gasteiger partial charge in [-0.15, -0.1) is 0 Å². The number of aliphatic hydroxyl groups excluding tert-OH is 11. The lowest BCUT2D eigenvalue weighted by molar-refractivity contribution is -0.379. The average molecular weight is 1610 g/mol. The standard InChI is InChI=1S/C95H169NO18/c1-3-5-7-9-11-13-15-17-19-21-23-25-27-29-31-33-34-35-36-37-38-39-40-41-42-43-44-45-47-49-51-53-55-57-59-61-63-65-67-69-71-73-83(101)96-78(79(100)72-70-68-66-64-62-60-58-56-54-52-50-48-46-32-30-28-26-24-22-20-18-16-14-12-10-8-6-4-2)77-109-93-89(107)86(104)91(81(75-98)111-93)114-95-90(108)87(105)92(82(76-99)112-95)113-94-88(106)85(103)84(102)80(74-97)110-94/h5,7,11,13,17,19,23,25,29,31,34-35,62,64,70,72,78-82,84-95,97-100,102-108H,3-4,6,8-10,12,14-16,18,20-22,24,26-28,30,32-33,36-61,63,65-69,71,73-77H2,1-2H3,(H,96,101)/b7-5-,13-11-,19-17-,25-23-,31-29-,35-34-,64-62+,72-70+. The van der Waals surface area contributed by atoms with Gasteiger partial charge < -0.3 is 89.9 Å². The van der Waals surface area contributed by atoms with Crippen LogP contribution in [-0.2, 0) is 33.2 Å². The van der Waals surface area contributed by atoms with Crippen molar-refractivity contribution in [3.05, 3.63) is 97.2 Å². The van der Waals surface area contributed by atoms with Crippen molar-refractivity contribution in [1.29, 1.82) is 0 Å². The Morgan fingerprint density at radius 2 is 0.614 bits per heavy atom. The van der Waals surface area contributed by atoms with Crippen LogP contribution in [0.1, 0.15) is 367 Å². The third kappa shape index (κ3) is 51.4. The summed E-state index contributed by atoms with van der Waals surface area (Å²) in [5, 5.41) is 121. The van der Waals surface area contributed by atoms with E-state index in [1.54, 1.807) is 6.08 Å². The minimum absolute atomic E-state index is 0.236. The number of carbonyl (C=O) groups is 1. The fraction of sp³-hybridized carbons (Fsp3) is 0.821. The lowest BCUT2D eigenvalue weighted by Crippen LogP contribution is -2.66. The second-order valence-electron chi connectivity index (χ2n) is 32.7. The van der Waals surface area contributed by atoms with Crippen molar-refractivity contribution >= 4 is 5.91 Å². The molecule has 0 aromatic heterocycles. The molecule has 662 valence electrons. The summed E-state index contributed by atoms with van der Waals surface area (Å²) in [6.07, 6.45) is 75.7. The number of unbranched alkanes of at least 4 members (excludes halogenated alkanes) is 45. The predicted octanol–water partition coefficient (Wildman–Crippen LogP) is 18.2. The van der Waals surface area contributed by atoms with E-state index in [2.05, 4.69) is 104 Å². The molecule has 3 saturated heterocycles. The number of allylic oxidation sites excluding steroid dienone is 15. The molecule has 3 rings (SSSR count). The van der Waals surface area contributed by atoms with Gasteiger partial charge in [-0.05, 0) is 83.5 Å². The lowest BCUT2D eigenvalue weighted by atomic mass is 9.96. The summed E-state index contributed by atoms with van der Waals surface area (Å²) in [6, 6.07) is -0.995. The maximum absolute atomic E-state index is 13.5. The summed E-state index contributed by atoms with van der Waals surface area (Å²) in [5.74, 6) is -0.280. The Balaban J connectivity index is 1.31. The van der Waals surface area contributed by atoms with Crippen molar-refractivity contribution in [3.63, 3.8) is 0 Å². The maximum Gasteiger partial charge on any atom is 0.220 e. The van der Waals surface area contributed by atoms with E-state index in [1.165, 1.54) is 257 Å². The van der Waals surface area contributed by atoms with Crippen LogP contribution in [0.4, 0.5) is 0 Å². The highest BCUT2D eigenvalue weighted by atomic mass is 16.8. The van der Waals surface area contributed by atoms with E-state index in [0.717, 1.165) is 77.0 Å². The van der Waals surface area contributed by atoms with Gasteiger partial charge in [-0.25, -0.2) is 0 Å². The molecule has 12 N–H and O–H groups in total. The van der Waals surface area contributed by atoms with Crippen LogP contribution < -0.4 is 5.32 Å². The summed E-state index contributed by atoms with van der Waals surface area (Å²) in [7, 11) is 0. The Bertz CT molecular complexity index is 2430. The van der Waals surface area contributed by atoms with E-state index < -0.39 is 124 Å². The molecule has 114 heavy (non-hydrogen) atoms. The molecule has 0 spiro atoms. The van der Waals surface area contributed by atoms with Crippen LogP contribution in [0.5, 0.6) is 0 Å². The zero-order chi connectivity index (χ0) is 82.4. The van der Waals surface area contributed by atoms with Crippen molar-refractivity contribution in [1.82, 2.24) is 5.32 Å². The molecule has 0 bridgehead atoms. The van der Waals surface area contributed by atoms with Gasteiger partial charge >= 0.3 is 0 Å². The van der Waals surface area contributed by atoms with Crippen molar-refractivity contribution in [2.24, 2.45) is 0 Å². The number of rotatable bonds is 75. The molecular weight excluding hydrogens is 1440 g/mol. The monoisotopic (exact) mass is 1610 g/mol. The van der Waals surface area contributed by atoms with Crippen LogP contribution in [0.25, 0.3) is 0 Å². The average Bonchev–Trinajstić information content (AvgIpc) is 0.782. The fourth-order valence-electron chi connectivity index (χ4n) is 15.3. The molecule has 17 unspecified atom stereocenters. The molecular formula is C95H169NO18. The number of hydrogen-bond donors (Lipinski definition) is 12. The van der Waals surface area contributed by atoms with Crippen LogP contribution in [0.15, 0.2) is 97.2 Å². The van der Waals surface area contributed by atoms with Crippen LogP contribution in [-0.4, -0.2) is 193 Å². The maximum atomic E-state index is 13.5.